The van der Waals surface area contributed by atoms with E-state index in [2.05, 4.69) is 5.32 Å². The fourth-order valence-electron chi connectivity index (χ4n) is 1.96. The minimum Gasteiger partial charge on any atom is -0.356 e. The van der Waals surface area contributed by atoms with E-state index in [1.807, 2.05) is 24.3 Å². The highest BCUT2D eigenvalue weighted by Gasteiger charge is 2.18. The summed E-state index contributed by atoms with van der Waals surface area (Å²) in [4.78, 5) is 0. The molecule has 2 aromatic rings. The molecule has 0 fully saturated rings. The van der Waals surface area contributed by atoms with Crippen molar-refractivity contribution >= 4 is 5.69 Å². The first-order valence-corrected chi connectivity index (χ1v) is 5.54. The normalized spacial score (nSPS) is 18.3. The number of hydrogen-bond donors (Lipinski definition) is 1. The summed E-state index contributed by atoms with van der Waals surface area (Å²) in [6.07, 6.45) is -0.203. The molecule has 1 unspecified atom stereocenters. The zero-order valence-corrected chi connectivity index (χ0v) is 9.19. The molecule has 0 radical (unpaired) electrons. The quantitative estimate of drug-likeness (QED) is 0.808. The Morgan fingerprint density at radius 1 is 1.06 bits per heavy atom. The predicted molar refractivity (Wildman–Crippen MR) is 64.0 cm³/mol. The predicted octanol–water partition coefficient (Wildman–Crippen LogP) is 3.47. The largest absolute Gasteiger partial charge is 0.356 e. The Bertz CT molecular complexity index is 524. The second-order valence-electron chi connectivity index (χ2n) is 4.04. The third-order valence-corrected chi connectivity index (χ3v) is 2.88. The summed E-state index contributed by atoms with van der Waals surface area (Å²) in [5.41, 5.74) is 3.15. The molecule has 1 heterocycles. The molecule has 3 heteroatoms. The second-order valence-corrected chi connectivity index (χ2v) is 4.04. The second kappa shape index (κ2) is 4.18. The highest BCUT2D eigenvalue weighted by atomic mass is 19.1. The lowest BCUT2D eigenvalue weighted by atomic mass is 10.1. The van der Waals surface area contributed by atoms with E-state index in [0.717, 1.165) is 16.8 Å². The van der Waals surface area contributed by atoms with E-state index in [-0.39, 0.29) is 12.0 Å². The average Bonchev–Trinajstić information content (AvgIpc) is 2.39. The van der Waals surface area contributed by atoms with Crippen LogP contribution in [0, 0.1) is 5.82 Å². The van der Waals surface area contributed by atoms with Crippen molar-refractivity contribution in [2.45, 2.75) is 12.8 Å². The standard InChI is InChI=1S/C14H12FNO/c15-12-7-5-10(6-8-12)14-16-13-4-2-1-3-11(13)9-17-14/h1-8,14,16H,9H2. The molecule has 0 spiro atoms. The molecule has 1 aliphatic rings. The molecule has 1 N–H and O–H groups in total. The van der Waals surface area contributed by atoms with Crippen LogP contribution in [0.3, 0.4) is 0 Å². The van der Waals surface area contributed by atoms with Gasteiger partial charge in [0, 0.05) is 16.8 Å². The van der Waals surface area contributed by atoms with Gasteiger partial charge in [0.15, 0.2) is 6.23 Å². The third-order valence-electron chi connectivity index (χ3n) is 2.88. The molecule has 0 saturated carbocycles. The van der Waals surface area contributed by atoms with Crippen LogP contribution in [-0.2, 0) is 11.3 Å². The Morgan fingerprint density at radius 2 is 1.82 bits per heavy atom. The molecule has 0 aliphatic carbocycles. The molecule has 1 aliphatic heterocycles. The Balaban J connectivity index is 1.86. The van der Waals surface area contributed by atoms with Gasteiger partial charge >= 0.3 is 0 Å². The molecule has 0 bridgehead atoms. The van der Waals surface area contributed by atoms with Crippen molar-refractivity contribution in [1.29, 1.82) is 0 Å². The number of para-hydroxylation sites is 1. The van der Waals surface area contributed by atoms with Crippen molar-refractivity contribution in [2.24, 2.45) is 0 Å². The lowest BCUT2D eigenvalue weighted by Crippen LogP contribution is -2.20. The van der Waals surface area contributed by atoms with Gasteiger partial charge in [0.2, 0.25) is 0 Å². The highest BCUT2D eigenvalue weighted by Crippen LogP contribution is 2.30. The van der Waals surface area contributed by atoms with E-state index in [9.17, 15) is 4.39 Å². The van der Waals surface area contributed by atoms with Crippen LogP contribution in [0.25, 0.3) is 0 Å². The van der Waals surface area contributed by atoms with Gasteiger partial charge < -0.3 is 10.1 Å². The van der Waals surface area contributed by atoms with E-state index < -0.39 is 0 Å². The van der Waals surface area contributed by atoms with E-state index in [1.54, 1.807) is 12.1 Å². The zero-order chi connectivity index (χ0) is 11.7. The molecular weight excluding hydrogens is 217 g/mol. The Labute approximate surface area is 99.0 Å². The van der Waals surface area contributed by atoms with Gasteiger partial charge in [0.25, 0.3) is 0 Å². The number of nitrogens with one attached hydrogen (secondary N) is 1. The van der Waals surface area contributed by atoms with E-state index >= 15 is 0 Å². The first-order chi connectivity index (χ1) is 8.33. The lowest BCUT2D eigenvalue weighted by molar-refractivity contribution is 0.0507. The van der Waals surface area contributed by atoms with Crippen LogP contribution in [0.1, 0.15) is 17.4 Å². The summed E-state index contributed by atoms with van der Waals surface area (Å²) in [5.74, 6) is -0.232. The maximum atomic E-state index is 12.8. The molecule has 3 rings (SSSR count). The smallest absolute Gasteiger partial charge is 0.154 e. The molecule has 0 aromatic heterocycles. The van der Waals surface area contributed by atoms with Gasteiger partial charge in [0.1, 0.15) is 5.82 Å². The van der Waals surface area contributed by atoms with Crippen molar-refractivity contribution < 1.29 is 9.13 Å². The Hall–Kier alpha value is -1.87. The summed E-state index contributed by atoms with van der Waals surface area (Å²) in [7, 11) is 0. The molecule has 0 saturated heterocycles. The maximum Gasteiger partial charge on any atom is 0.154 e. The van der Waals surface area contributed by atoms with Crippen molar-refractivity contribution in [3.05, 3.63) is 65.5 Å². The van der Waals surface area contributed by atoms with Crippen LogP contribution in [0.5, 0.6) is 0 Å². The van der Waals surface area contributed by atoms with Crippen molar-refractivity contribution in [3.8, 4) is 0 Å². The van der Waals surface area contributed by atoms with E-state index in [1.165, 1.54) is 12.1 Å². The molecular formula is C14H12FNO. The molecule has 1 atom stereocenters. The van der Waals surface area contributed by atoms with E-state index in [0.29, 0.717) is 6.61 Å². The van der Waals surface area contributed by atoms with Gasteiger partial charge in [-0.15, -0.1) is 0 Å². The maximum absolute atomic E-state index is 12.8. The fraction of sp³-hybridized carbons (Fsp3) is 0.143. The van der Waals surface area contributed by atoms with Gasteiger partial charge in [-0.2, -0.15) is 0 Å². The zero-order valence-electron chi connectivity index (χ0n) is 9.19. The Kier molecular flexibility index (Phi) is 2.53. The van der Waals surface area contributed by atoms with Crippen LogP contribution >= 0.6 is 0 Å². The summed E-state index contributed by atoms with van der Waals surface area (Å²) in [6.45, 7) is 0.575. The minimum atomic E-state index is -0.232. The highest BCUT2D eigenvalue weighted by molar-refractivity contribution is 5.53. The third kappa shape index (κ3) is 2.01. The van der Waals surface area contributed by atoms with Crippen LogP contribution in [0.4, 0.5) is 10.1 Å². The van der Waals surface area contributed by atoms with Crippen molar-refractivity contribution in [3.63, 3.8) is 0 Å². The number of rotatable bonds is 1. The van der Waals surface area contributed by atoms with Gasteiger partial charge in [-0.25, -0.2) is 4.39 Å². The molecule has 86 valence electrons. The molecule has 2 aromatic carbocycles. The number of hydrogen-bond acceptors (Lipinski definition) is 2. The van der Waals surface area contributed by atoms with Crippen LogP contribution in [0.15, 0.2) is 48.5 Å². The number of fused-ring (bicyclic) bond motifs is 1. The molecule has 17 heavy (non-hydrogen) atoms. The first kappa shape index (κ1) is 10.3. The number of anilines is 1. The lowest BCUT2D eigenvalue weighted by Gasteiger charge is -2.27. The van der Waals surface area contributed by atoms with Gasteiger partial charge in [-0.3, -0.25) is 0 Å². The topological polar surface area (TPSA) is 21.3 Å². The fourth-order valence-corrected chi connectivity index (χ4v) is 1.96. The number of benzene rings is 2. The monoisotopic (exact) mass is 229 g/mol. The van der Waals surface area contributed by atoms with Gasteiger partial charge in [-0.1, -0.05) is 30.3 Å². The summed E-state index contributed by atoms with van der Waals surface area (Å²) < 4.78 is 18.5. The van der Waals surface area contributed by atoms with Gasteiger partial charge in [-0.05, 0) is 18.2 Å². The first-order valence-electron chi connectivity index (χ1n) is 5.54. The molecule has 0 amide bonds. The van der Waals surface area contributed by atoms with Gasteiger partial charge in [0.05, 0.1) is 6.61 Å². The SMILES string of the molecule is Fc1ccc(C2Nc3ccccc3CO2)cc1. The van der Waals surface area contributed by atoms with Crippen molar-refractivity contribution in [2.75, 3.05) is 5.32 Å². The molecule has 2 nitrogen and oxygen atoms in total. The number of ether oxygens (including phenoxy) is 1. The van der Waals surface area contributed by atoms with Crippen LogP contribution in [-0.4, -0.2) is 0 Å². The Morgan fingerprint density at radius 3 is 2.65 bits per heavy atom. The van der Waals surface area contributed by atoms with Crippen LogP contribution in [0.2, 0.25) is 0 Å². The minimum absolute atomic E-state index is 0.203. The van der Waals surface area contributed by atoms with Crippen molar-refractivity contribution in [1.82, 2.24) is 0 Å². The average molecular weight is 229 g/mol. The summed E-state index contributed by atoms with van der Waals surface area (Å²) >= 11 is 0. The summed E-state index contributed by atoms with van der Waals surface area (Å²) in [6, 6.07) is 14.4. The van der Waals surface area contributed by atoms with E-state index in [4.69, 9.17) is 4.74 Å². The summed E-state index contributed by atoms with van der Waals surface area (Å²) in [5, 5.41) is 3.29. The van der Waals surface area contributed by atoms with Crippen LogP contribution < -0.4 is 5.32 Å². The number of halogens is 1.